The highest BCUT2D eigenvalue weighted by Crippen LogP contribution is 2.35. The van der Waals surface area contributed by atoms with Crippen LogP contribution in [-0.2, 0) is 6.18 Å². The van der Waals surface area contributed by atoms with Crippen molar-refractivity contribution in [1.82, 2.24) is 19.8 Å². The number of ether oxygens (including phenoxy) is 1. The second kappa shape index (κ2) is 9.61. The molecule has 192 valence electrons. The lowest BCUT2D eigenvalue weighted by atomic mass is 10.0. The lowest BCUT2D eigenvalue weighted by Gasteiger charge is -2.12. The van der Waals surface area contributed by atoms with Gasteiger partial charge in [-0.25, -0.2) is 4.99 Å². The number of rotatable bonds is 5. The van der Waals surface area contributed by atoms with E-state index in [2.05, 4.69) is 20.0 Å². The van der Waals surface area contributed by atoms with Gasteiger partial charge >= 0.3 is 12.5 Å². The van der Waals surface area contributed by atoms with Gasteiger partial charge in [-0.05, 0) is 24.3 Å². The molecule has 2 aromatic heterocycles. The molecule has 6 nitrogen and oxygen atoms in total. The van der Waals surface area contributed by atoms with Gasteiger partial charge in [-0.2, -0.15) is 22.8 Å². The first kappa shape index (κ1) is 24.9. The number of aromatic nitrogens is 4. The molecule has 0 aliphatic carbocycles. The molecule has 5 rings (SSSR count). The average Bonchev–Trinajstić information content (AvgIpc) is 3.31. The molecular formula is C26H15F6N5O. The standard InChI is InChI=1S/C26H15F6N5O/c27-25(28,29)24-35-34-21-15-20(33-22(16-7-3-1-4-8-16)17-9-5-2-6-10-17)23(36-37(21)24)18-11-13-19(14-12-18)38-26(30,31)32/h1-15H. The highest BCUT2D eigenvalue weighted by molar-refractivity contribution is 6.14. The minimum Gasteiger partial charge on any atom is -0.406 e. The first-order valence-corrected chi connectivity index (χ1v) is 11.0. The minimum atomic E-state index is -4.90. The molecular weight excluding hydrogens is 512 g/mol. The van der Waals surface area contributed by atoms with E-state index < -0.39 is 24.1 Å². The Labute approximate surface area is 210 Å². The summed E-state index contributed by atoms with van der Waals surface area (Å²) in [5.41, 5.74) is 2.01. The summed E-state index contributed by atoms with van der Waals surface area (Å²) in [6.07, 6.45) is -9.75. The Hall–Kier alpha value is -4.74. The van der Waals surface area contributed by atoms with E-state index in [0.29, 0.717) is 10.2 Å². The Balaban J connectivity index is 1.73. The highest BCUT2D eigenvalue weighted by Gasteiger charge is 2.38. The largest absolute Gasteiger partial charge is 0.573 e. The Kier molecular flexibility index (Phi) is 6.31. The molecule has 3 aromatic carbocycles. The first-order chi connectivity index (χ1) is 18.1. The molecule has 0 radical (unpaired) electrons. The van der Waals surface area contributed by atoms with Gasteiger partial charge in [0.2, 0.25) is 0 Å². The predicted molar refractivity (Wildman–Crippen MR) is 126 cm³/mol. The van der Waals surface area contributed by atoms with Crippen molar-refractivity contribution in [3.8, 4) is 17.0 Å². The molecule has 0 saturated carbocycles. The van der Waals surface area contributed by atoms with Crippen molar-refractivity contribution < 1.29 is 31.1 Å². The van der Waals surface area contributed by atoms with E-state index in [1.807, 2.05) is 60.7 Å². The van der Waals surface area contributed by atoms with Gasteiger partial charge in [0.25, 0.3) is 5.82 Å². The van der Waals surface area contributed by atoms with E-state index in [0.717, 1.165) is 23.3 Å². The molecule has 0 aliphatic heterocycles. The molecule has 0 bridgehead atoms. The Morgan fingerprint density at radius 2 is 1.32 bits per heavy atom. The maximum absolute atomic E-state index is 13.5. The van der Waals surface area contributed by atoms with Crippen LogP contribution in [-0.4, -0.2) is 31.9 Å². The minimum absolute atomic E-state index is 0.0364. The number of hydrogen-bond donors (Lipinski definition) is 0. The van der Waals surface area contributed by atoms with Crippen molar-refractivity contribution in [1.29, 1.82) is 0 Å². The molecule has 0 aliphatic rings. The van der Waals surface area contributed by atoms with Crippen molar-refractivity contribution in [3.05, 3.63) is 108 Å². The summed E-state index contributed by atoms with van der Waals surface area (Å²) in [4.78, 5) is 4.76. The maximum Gasteiger partial charge on any atom is 0.573 e. The third-order valence-corrected chi connectivity index (χ3v) is 5.31. The van der Waals surface area contributed by atoms with E-state index >= 15 is 0 Å². The second-order valence-corrected chi connectivity index (χ2v) is 7.93. The van der Waals surface area contributed by atoms with Crippen molar-refractivity contribution >= 4 is 17.0 Å². The fraction of sp³-hybridized carbons (Fsp3) is 0.0769. The molecule has 2 heterocycles. The van der Waals surface area contributed by atoms with E-state index in [1.54, 1.807) is 0 Å². The average molecular weight is 527 g/mol. The Morgan fingerprint density at radius 3 is 1.84 bits per heavy atom. The highest BCUT2D eigenvalue weighted by atomic mass is 19.4. The van der Waals surface area contributed by atoms with Crippen molar-refractivity contribution in [2.75, 3.05) is 0 Å². The SMILES string of the molecule is FC(F)(F)Oc1ccc(-c2nn3c(C(F)(F)F)nnc3cc2N=C(c2ccccc2)c2ccccc2)cc1. The van der Waals surface area contributed by atoms with Gasteiger partial charge in [-0.3, -0.25) is 0 Å². The molecule has 0 fully saturated rings. The quantitative estimate of drug-likeness (QED) is 0.185. The number of halogens is 6. The Bertz CT molecular complexity index is 1550. The normalized spacial score (nSPS) is 11.9. The van der Waals surface area contributed by atoms with Crippen molar-refractivity contribution in [2.45, 2.75) is 12.5 Å². The molecule has 38 heavy (non-hydrogen) atoms. The van der Waals surface area contributed by atoms with E-state index in [4.69, 9.17) is 4.99 Å². The van der Waals surface area contributed by atoms with Crippen LogP contribution >= 0.6 is 0 Å². The van der Waals surface area contributed by atoms with Crippen LogP contribution in [0.15, 0.2) is 96.0 Å². The molecule has 0 atom stereocenters. The van der Waals surface area contributed by atoms with Gasteiger partial charge in [0.05, 0.1) is 11.4 Å². The van der Waals surface area contributed by atoms with Gasteiger partial charge in [0.1, 0.15) is 11.4 Å². The van der Waals surface area contributed by atoms with Gasteiger partial charge in [0.15, 0.2) is 5.65 Å². The van der Waals surface area contributed by atoms with Gasteiger partial charge < -0.3 is 4.74 Å². The molecule has 0 N–H and O–H groups in total. The fourth-order valence-corrected chi connectivity index (χ4v) is 3.71. The molecule has 0 amide bonds. The number of hydrogen-bond acceptors (Lipinski definition) is 5. The van der Waals surface area contributed by atoms with Crippen LogP contribution in [0.25, 0.3) is 16.9 Å². The smallest absolute Gasteiger partial charge is 0.406 e. The van der Waals surface area contributed by atoms with Crippen LogP contribution in [0.5, 0.6) is 5.75 Å². The van der Waals surface area contributed by atoms with E-state index in [1.165, 1.54) is 18.2 Å². The van der Waals surface area contributed by atoms with E-state index in [-0.39, 0.29) is 22.6 Å². The molecule has 12 heteroatoms. The zero-order chi connectivity index (χ0) is 26.9. The topological polar surface area (TPSA) is 64.7 Å². The zero-order valence-corrected chi connectivity index (χ0v) is 19.1. The predicted octanol–water partition coefficient (Wildman–Crippen LogP) is 6.88. The third kappa shape index (κ3) is 5.33. The summed E-state index contributed by atoms with van der Waals surface area (Å²) in [6, 6.07) is 24.0. The monoisotopic (exact) mass is 527 g/mol. The van der Waals surface area contributed by atoms with Crippen LogP contribution in [0.4, 0.5) is 32.0 Å². The molecule has 0 spiro atoms. The van der Waals surface area contributed by atoms with Gasteiger partial charge in [-0.1, -0.05) is 60.7 Å². The first-order valence-electron chi connectivity index (χ1n) is 11.0. The zero-order valence-electron chi connectivity index (χ0n) is 19.1. The summed E-state index contributed by atoms with van der Waals surface area (Å²) in [5.74, 6) is -1.85. The van der Waals surface area contributed by atoms with E-state index in [9.17, 15) is 26.3 Å². The fourth-order valence-electron chi connectivity index (χ4n) is 3.71. The van der Waals surface area contributed by atoms with Crippen LogP contribution in [0, 0.1) is 0 Å². The summed E-state index contributed by atoms with van der Waals surface area (Å²) in [5, 5.41) is 10.9. The summed E-state index contributed by atoms with van der Waals surface area (Å²) < 4.78 is 82.9. The number of fused-ring (bicyclic) bond motifs is 1. The lowest BCUT2D eigenvalue weighted by molar-refractivity contribution is -0.274. The maximum atomic E-state index is 13.5. The number of alkyl halides is 6. The van der Waals surface area contributed by atoms with Crippen molar-refractivity contribution in [3.63, 3.8) is 0 Å². The Morgan fingerprint density at radius 1 is 0.737 bits per heavy atom. The molecule has 0 unspecified atom stereocenters. The number of benzene rings is 3. The molecule has 5 aromatic rings. The van der Waals surface area contributed by atoms with Crippen LogP contribution < -0.4 is 4.74 Å². The number of aliphatic imine (C=N–C) groups is 1. The number of nitrogens with zero attached hydrogens (tertiary/aromatic N) is 5. The van der Waals surface area contributed by atoms with Gasteiger partial charge in [0, 0.05) is 22.8 Å². The lowest BCUT2D eigenvalue weighted by Crippen LogP contribution is -2.17. The summed E-state index contributed by atoms with van der Waals surface area (Å²) in [6.45, 7) is 0. The second-order valence-electron chi connectivity index (χ2n) is 7.93. The third-order valence-electron chi connectivity index (χ3n) is 5.31. The van der Waals surface area contributed by atoms with Gasteiger partial charge in [-0.15, -0.1) is 23.4 Å². The van der Waals surface area contributed by atoms with Crippen LogP contribution in [0.3, 0.4) is 0 Å². The molecule has 0 saturated heterocycles. The summed E-state index contributed by atoms with van der Waals surface area (Å²) in [7, 11) is 0. The van der Waals surface area contributed by atoms with Crippen LogP contribution in [0.1, 0.15) is 17.0 Å². The van der Waals surface area contributed by atoms with Crippen molar-refractivity contribution in [2.24, 2.45) is 4.99 Å². The summed E-state index contributed by atoms with van der Waals surface area (Å²) >= 11 is 0. The van der Waals surface area contributed by atoms with Crippen LogP contribution in [0.2, 0.25) is 0 Å².